The first-order valence-corrected chi connectivity index (χ1v) is 10.6. The van der Waals surface area contributed by atoms with Gasteiger partial charge < -0.3 is 10.1 Å². The summed E-state index contributed by atoms with van der Waals surface area (Å²) in [5, 5.41) is 4.09. The van der Waals surface area contributed by atoms with Gasteiger partial charge in [0.25, 0.3) is 0 Å². The van der Waals surface area contributed by atoms with E-state index in [-0.39, 0.29) is 21.7 Å². The van der Waals surface area contributed by atoms with Gasteiger partial charge in [-0.2, -0.15) is 0 Å². The van der Waals surface area contributed by atoms with Gasteiger partial charge in [-0.25, -0.2) is 8.42 Å². The van der Waals surface area contributed by atoms with Crippen molar-refractivity contribution in [2.24, 2.45) is 5.92 Å². The van der Waals surface area contributed by atoms with E-state index in [1.54, 1.807) is 36.4 Å². The molecule has 0 radical (unpaired) electrons. The van der Waals surface area contributed by atoms with Crippen LogP contribution in [0.4, 0.5) is 5.69 Å². The molecule has 0 spiro atoms. The fraction of sp³-hybridized carbons (Fsp3) is 0.238. The molecular weight excluding hydrogens is 376 g/mol. The topological polar surface area (TPSA) is 85.4 Å². The molecule has 0 amide bonds. The van der Waals surface area contributed by atoms with Crippen LogP contribution >= 0.6 is 0 Å². The number of ether oxygens (including phenoxy) is 1. The molecule has 0 bridgehead atoms. The summed E-state index contributed by atoms with van der Waals surface area (Å²) in [7, 11) is -3.61. The summed E-state index contributed by atoms with van der Waals surface area (Å²) in [6, 6.07) is 15.6. The Kier molecular flexibility index (Phi) is 5.00. The van der Waals surface area contributed by atoms with Crippen LogP contribution in [0.3, 0.4) is 0 Å². The molecule has 1 atom stereocenters. The highest BCUT2D eigenvalue weighted by Gasteiger charge is 2.21. The van der Waals surface area contributed by atoms with E-state index in [0.29, 0.717) is 25.1 Å². The second-order valence-corrected chi connectivity index (χ2v) is 8.77. The third-order valence-corrected chi connectivity index (χ3v) is 6.61. The van der Waals surface area contributed by atoms with Crippen LogP contribution in [-0.4, -0.2) is 32.5 Å². The maximum Gasteiger partial charge on any atom is 0.306 e. The summed E-state index contributed by atoms with van der Waals surface area (Å²) in [5.74, 6) is 0.0547. The van der Waals surface area contributed by atoms with Crippen molar-refractivity contribution < 1.29 is 17.9 Å². The van der Waals surface area contributed by atoms with Gasteiger partial charge in [-0.05, 0) is 36.6 Å². The van der Waals surface area contributed by atoms with Gasteiger partial charge in [-0.15, -0.1) is 0 Å². The number of aromatic nitrogens is 1. The zero-order valence-electron chi connectivity index (χ0n) is 15.2. The molecule has 4 rings (SSSR count). The Balaban J connectivity index is 1.60. The first kappa shape index (κ1) is 18.4. The van der Waals surface area contributed by atoms with Gasteiger partial charge in [0.1, 0.15) is 0 Å². The van der Waals surface area contributed by atoms with E-state index in [2.05, 4.69) is 10.3 Å². The second kappa shape index (κ2) is 7.59. The van der Waals surface area contributed by atoms with Crippen molar-refractivity contribution in [2.75, 3.05) is 18.5 Å². The summed E-state index contributed by atoms with van der Waals surface area (Å²) in [5.41, 5.74) is 1.52. The molecule has 2 aromatic carbocycles. The Morgan fingerprint density at radius 3 is 2.68 bits per heavy atom. The second-order valence-electron chi connectivity index (χ2n) is 6.82. The number of carbonyl (C=O) groups is 1. The van der Waals surface area contributed by atoms with Crippen molar-refractivity contribution >= 4 is 32.4 Å². The molecule has 28 heavy (non-hydrogen) atoms. The minimum atomic E-state index is -3.61. The largest absolute Gasteiger partial charge is 0.466 e. The van der Waals surface area contributed by atoms with E-state index in [9.17, 15) is 13.2 Å². The molecule has 7 heteroatoms. The van der Waals surface area contributed by atoms with Gasteiger partial charge in [0.15, 0.2) is 0 Å². The van der Waals surface area contributed by atoms with Gasteiger partial charge in [0.05, 0.1) is 34.0 Å². The fourth-order valence-electron chi connectivity index (χ4n) is 3.33. The normalized spacial score (nSPS) is 17.3. The summed E-state index contributed by atoms with van der Waals surface area (Å²) < 4.78 is 30.6. The van der Waals surface area contributed by atoms with Crippen molar-refractivity contribution in [1.29, 1.82) is 0 Å². The number of sulfone groups is 1. The molecule has 3 aromatic rings. The molecule has 1 aliphatic rings. The highest BCUT2D eigenvalue weighted by molar-refractivity contribution is 7.91. The van der Waals surface area contributed by atoms with Crippen LogP contribution in [0.1, 0.15) is 12.8 Å². The van der Waals surface area contributed by atoms with Crippen LogP contribution in [0.15, 0.2) is 70.6 Å². The van der Waals surface area contributed by atoms with Gasteiger partial charge in [-0.3, -0.25) is 9.78 Å². The molecule has 1 unspecified atom stereocenters. The van der Waals surface area contributed by atoms with E-state index in [1.807, 2.05) is 18.2 Å². The average molecular weight is 396 g/mol. The van der Waals surface area contributed by atoms with Crippen molar-refractivity contribution in [1.82, 2.24) is 4.98 Å². The number of anilines is 1. The monoisotopic (exact) mass is 396 g/mol. The number of nitrogens with one attached hydrogen (secondary N) is 1. The molecule has 0 saturated carbocycles. The lowest BCUT2D eigenvalue weighted by Crippen LogP contribution is -2.26. The number of hydrogen-bond acceptors (Lipinski definition) is 6. The third-order valence-electron chi connectivity index (χ3n) is 4.88. The van der Waals surface area contributed by atoms with Crippen LogP contribution in [0.2, 0.25) is 0 Å². The maximum atomic E-state index is 12.8. The number of pyridine rings is 1. The van der Waals surface area contributed by atoms with Gasteiger partial charge >= 0.3 is 5.97 Å². The van der Waals surface area contributed by atoms with Gasteiger partial charge in [0.2, 0.25) is 9.84 Å². The van der Waals surface area contributed by atoms with Crippen LogP contribution in [0.5, 0.6) is 0 Å². The quantitative estimate of drug-likeness (QED) is 0.665. The maximum absolute atomic E-state index is 12.8. The lowest BCUT2D eigenvalue weighted by molar-refractivity contribution is -0.148. The van der Waals surface area contributed by atoms with Crippen LogP contribution in [-0.2, 0) is 19.4 Å². The molecule has 1 aromatic heterocycles. The van der Waals surface area contributed by atoms with Crippen molar-refractivity contribution in [3.05, 3.63) is 60.8 Å². The predicted molar refractivity (Wildman–Crippen MR) is 106 cm³/mol. The van der Waals surface area contributed by atoms with Crippen LogP contribution in [0, 0.1) is 5.92 Å². The fourth-order valence-corrected chi connectivity index (χ4v) is 4.59. The molecule has 1 saturated heterocycles. The number of benzene rings is 2. The molecule has 2 heterocycles. The van der Waals surface area contributed by atoms with Crippen molar-refractivity contribution in [3.63, 3.8) is 0 Å². The smallest absolute Gasteiger partial charge is 0.306 e. The summed E-state index contributed by atoms with van der Waals surface area (Å²) in [6.45, 7) is 1.10. The number of para-hydroxylation sites is 1. The number of cyclic esters (lactones) is 1. The Hall–Kier alpha value is -2.93. The van der Waals surface area contributed by atoms with Crippen LogP contribution in [0.25, 0.3) is 10.9 Å². The summed E-state index contributed by atoms with van der Waals surface area (Å²) in [4.78, 5) is 16.3. The third kappa shape index (κ3) is 3.71. The Labute approximate surface area is 163 Å². The number of nitrogens with zero attached hydrogens (tertiary/aromatic N) is 1. The number of hydrogen-bond donors (Lipinski definition) is 1. The van der Waals surface area contributed by atoms with Crippen molar-refractivity contribution in [3.8, 4) is 0 Å². The Morgan fingerprint density at radius 2 is 1.89 bits per heavy atom. The number of carbonyl (C=O) groups excluding carboxylic acids is 1. The van der Waals surface area contributed by atoms with E-state index < -0.39 is 9.84 Å². The number of fused-ring (bicyclic) bond motifs is 1. The first-order chi connectivity index (χ1) is 13.5. The Bertz CT molecular complexity index is 1110. The Morgan fingerprint density at radius 1 is 1.07 bits per heavy atom. The summed E-state index contributed by atoms with van der Waals surface area (Å²) in [6.07, 6.45) is 2.63. The van der Waals surface area contributed by atoms with Gasteiger partial charge in [0, 0.05) is 18.1 Å². The highest BCUT2D eigenvalue weighted by atomic mass is 32.2. The molecule has 1 N–H and O–H groups in total. The average Bonchev–Trinajstić information content (AvgIpc) is 2.72. The predicted octanol–water partition coefficient (Wildman–Crippen LogP) is 3.43. The number of rotatable bonds is 5. The molecular formula is C21H20N2O4S. The van der Waals surface area contributed by atoms with E-state index in [4.69, 9.17) is 4.74 Å². The lowest BCUT2D eigenvalue weighted by Gasteiger charge is -2.22. The zero-order valence-corrected chi connectivity index (χ0v) is 16.0. The molecule has 1 aliphatic heterocycles. The van der Waals surface area contributed by atoms with E-state index in [0.717, 1.165) is 17.5 Å². The first-order valence-electron chi connectivity index (χ1n) is 9.12. The SMILES string of the molecule is O=C1CC(CNc2cccc3cc(S(=O)(=O)c4ccccc4)cnc23)CCO1. The number of esters is 1. The molecule has 1 fully saturated rings. The lowest BCUT2D eigenvalue weighted by atomic mass is 10.00. The molecule has 144 valence electrons. The van der Waals surface area contributed by atoms with Crippen molar-refractivity contribution in [2.45, 2.75) is 22.6 Å². The molecule has 6 nitrogen and oxygen atoms in total. The van der Waals surface area contributed by atoms with E-state index >= 15 is 0 Å². The standard InChI is InChI=1S/C21H20N2O4S/c24-20-11-15(9-10-27-20)13-22-19-8-4-5-16-12-18(14-23-21(16)19)28(25,26)17-6-2-1-3-7-17/h1-8,12,14-15,22H,9-11,13H2. The zero-order chi connectivity index (χ0) is 19.6. The highest BCUT2D eigenvalue weighted by Crippen LogP contribution is 2.27. The molecule has 0 aliphatic carbocycles. The minimum Gasteiger partial charge on any atom is -0.466 e. The van der Waals surface area contributed by atoms with Crippen LogP contribution < -0.4 is 5.32 Å². The minimum absolute atomic E-state index is 0.162. The van der Waals surface area contributed by atoms with Gasteiger partial charge in [-0.1, -0.05) is 30.3 Å². The van der Waals surface area contributed by atoms with E-state index in [1.165, 1.54) is 6.20 Å². The summed E-state index contributed by atoms with van der Waals surface area (Å²) >= 11 is 0.